The van der Waals surface area contributed by atoms with E-state index >= 15 is 0 Å². The summed E-state index contributed by atoms with van der Waals surface area (Å²) in [5.74, 6) is 1.06. The van der Waals surface area contributed by atoms with Crippen molar-refractivity contribution in [2.24, 2.45) is 0 Å². The average Bonchev–Trinajstić information content (AvgIpc) is 3.09. The van der Waals surface area contributed by atoms with Gasteiger partial charge in [0.25, 0.3) is 0 Å². The lowest BCUT2D eigenvalue weighted by molar-refractivity contribution is 0.0601. The van der Waals surface area contributed by atoms with Crippen molar-refractivity contribution in [3.8, 4) is 17.0 Å². The van der Waals surface area contributed by atoms with E-state index in [0.29, 0.717) is 23.6 Å². The number of benzene rings is 2. The lowest BCUT2D eigenvalue weighted by atomic mass is 10.1. The molecule has 6 heteroatoms. The predicted octanol–water partition coefficient (Wildman–Crippen LogP) is 4.31. The van der Waals surface area contributed by atoms with E-state index in [-0.39, 0.29) is 5.97 Å². The molecule has 0 bridgehead atoms. The number of hydrogen-bond acceptors (Lipinski definition) is 5. The fraction of sp³-hybridized carbons (Fsp3) is 0.111. The monoisotopic (exact) mass is 435 g/mol. The van der Waals surface area contributed by atoms with Gasteiger partial charge in [0.2, 0.25) is 0 Å². The normalized spacial score (nSPS) is 10.4. The minimum Gasteiger partial charge on any atom is -0.484 e. The molecule has 122 valence electrons. The number of para-hydroxylation sites is 1. The van der Waals surface area contributed by atoms with Crippen LogP contribution in [0.25, 0.3) is 11.3 Å². The molecular formula is C18H14INO4. The topological polar surface area (TPSA) is 61.6 Å². The van der Waals surface area contributed by atoms with Crippen LogP contribution in [0.3, 0.4) is 0 Å². The van der Waals surface area contributed by atoms with Gasteiger partial charge in [0.1, 0.15) is 18.1 Å². The van der Waals surface area contributed by atoms with Gasteiger partial charge < -0.3 is 14.0 Å². The first-order valence-electron chi connectivity index (χ1n) is 7.19. The largest absolute Gasteiger partial charge is 0.484 e. The van der Waals surface area contributed by atoms with E-state index in [2.05, 4.69) is 32.5 Å². The van der Waals surface area contributed by atoms with Gasteiger partial charge in [-0.15, -0.1) is 0 Å². The predicted molar refractivity (Wildman–Crippen MR) is 96.8 cm³/mol. The summed E-state index contributed by atoms with van der Waals surface area (Å²) >= 11 is 2.22. The number of esters is 1. The quantitative estimate of drug-likeness (QED) is 0.442. The third-order valence-electron chi connectivity index (χ3n) is 3.37. The van der Waals surface area contributed by atoms with Gasteiger partial charge in [-0.1, -0.05) is 29.4 Å². The van der Waals surface area contributed by atoms with Crippen LogP contribution < -0.4 is 4.74 Å². The highest BCUT2D eigenvalue weighted by molar-refractivity contribution is 14.1. The van der Waals surface area contributed by atoms with Gasteiger partial charge in [0, 0.05) is 11.6 Å². The van der Waals surface area contributed by atoms with Gasteiger partial charge in [-0.25, -0.2) is 4.79 Å². The molecule has 1 aromatic heterocycles. The third-order valence-corrected chi connectivity index (χ3v) is 4.26. The first-order valence-corrected chi connectivity index (χ1v) is 8.27. The molecule has 0 aliphatic carbocycles. The van der Waals surface area contributed by atoms with E-state index in [0.717, 1.165) is 14.9 Å². The van der Waals surface area contributed by atoms with Crippen LogP contribution in [0.15, 0.2) is 59.1 Å². The second-order valence-corrected chi connectivity index (χ2v) is 6.13. The zero-order valence-corrected chi connectivity index (χ0v) is 15.0. The summed E-state index contributed by atoms with van der Waals surface area (Å²) in [6.45, 7) is 0.299. The lowest BCUT2D eigenvalue weighted by Gasteiger charge is -2.04. The molecule has 1 heterocycles. The summed E-state index contributed by atoms with van der Waals surface area (Å²) in [4.78, 5) is 11.4. The third kappa shape index (κ3) is 3.76. The number of hydrogen-bond donors (Lipinski definition) is 0. The van der Waals surface area contributed by atoms with Crippen LogP contribution in [0.1, 0.15) is 16.1 Å². The fourth-order valence-electron chi connectivity index (χ4n) is 2.12. The van der Waals surface area contributed by atoms with Crippen LogP contribution in [0, 0.1) is 3.57 Å². The van der Waals surface area contributed by atoms with E-state index in [1.54, 1.807) is 24.3 Å². The summed E-state index contributed by atoms with van der Waals surface area (Å²) in [5.41, 5.74) is 2.03. The van der Waals surface area contributed by atoms with E-state index in [4.69, 9.17) is 9.26 Å². The minimum absolute atomic E-state index is 0.299. The molecule has 0 unspecified atom stereocenters. The maximum absolute atomic E-state index is 11.4. The van der Waals surface area contributed by atoms with Crippen LogP contribution in [0.5, 0.6) is 5.75 Å². The molecule has 0 atom stereocenters. The molecule has 0 saturated carbocycles. The molecule has 2 aromatic carbocycles. The second-order valence-electron chi connectivity index (χ2n) is 4.97. The Balaban J connectivity index is 1.69. The van der Waals surface area contributed by atoms with Crippen molar-refractivity contribution < 1.29 is 18.8 Å². The highest BCUT2D eigenvalue weighted by Crippen LogP contribution is 2.23. The molecule has 0 saturated heterocycles. The van der Waals surface area contributed by atoms with Crippen molar-refractivity contribution in [1.29, 1.82) is 0 Å². The summed E-state index contributed by atoms with van der Waals surface area (Å²) < 4.78 is 16.8. The first-order chi connectivity index (χ1) is 11.7. The number of halogens is 1. The Morgan fingerprint density at radius 1 is 1.17 bits per heavy atom. The number of carbonyl (C=O) groups is 1. The maximum atomic E-state index is 11.4. The van der Waals surface area contributed by atoms with Crippen molar-refractivity contribution in [3.63, 3.8) is 0 Å². The summed E-state index contributed by atoms with van der Waals surface area (Å²) in [6.07, 6.45) is 0. The lowest BCUT2D eigenvalue weighted by Crippen LogP contribution is -2.00. The summed E-state index contributed by atoms with van der Waals surface area (Å²) in [7, 11) is 1.36. The summed E-state index contributed by atoms with van der Waals surface area (Å²) in [5, 5.41) is 4.04. The van der Waals surface area contributed by atoms with Crippen LogP contribution in [0.2, 0.25) is 0 Å². The van der Waals surface area contributed by atoms with Crippen molar-refractivity contribution >= 4 is 28.6 Å². The van der Waals surface area contributed by atoms with Crippen molar-refractivity contribution in [1.82, 2.24) is 5.16 Å². The summed E-state index contributed by atoms with van der Waals surface area (Å²) in [6, 6.07) is 16.6. The fourth-order valence-corrected chi connectivity index (χ4v) is 2.67. The molecule has 3 aromatic rings. The standard InChI is InChI=1S/C18H14INO4/c1-22-18(21)13-8-6-12(7-9-13)16-10-14(24-20-16)11-23-17-5-3-2-4-15(17)19/h2-10H,11H2,1H3. The second kappa shape index (κ2) is 7.48. The Morgan fingerprint density at radius 3 is 2.62 bits per heavy atom. The average molecular weight is 435 g/mol. The maximum Gasteiger partial charge on any atom is 0.337 e. The smallest absolute Gasteiger partial charge is 0.337 e. The van der Waals surface area contributed by atoms with Gasteiger partial charge in [-0.05, 0) is 46.9 Å². The highest BCUT2D eigenvalue weighted by Gasteiger charge is 2.10. The number of ether oxygens (including phenoxy) is 2. The van der Waals surface area contributed by atoms with E-state index in [1.165, 1.54) is 7.11 Å². The molecule has 0 radical (unpaired) electrons. The molecule has 0 spiro atoms. The molecule has 0 amide bonds. The number of carbonyl (C=O) groups excluding carboxylic acids is 1. The molecule has 24 heavy (non-hydrogen) atoms. The van der Waals surface area contributed by atoms with Crippen molar-refractivity contribution in [3.05, 3.63) is 69.5 Å². The van der Waals surface area contributed by atoms with Crippen LogP contribution in [0.4, 0.5) is 0 Å². The van der Waals surface area contributed by atoms with Gasteiger partial charge in [-0.2, -0.15) is 0 Å². The van der Waals surface area contributed by atoms with Gasteiger partial charge in [-0.3, -0.25) is 0 Å². The zero-order chi connectivity index (χ0) is 16.9. The zero-order valence-electron chi connectivity index (χ0n) is 12.9. The SMILES string of the molecule is COC(=O)c1ccc(-c2cc(COc3ccccc3I)on2)cc1. The number of nitrogens with zero attached hydrogens (tertiary/aromatic N) is 1. The first kappa shape index (κ1) is 16.5. The van der Waals surface area contributed by atoms with Crippen molar-refractivity contribution in [2.45, 2.75) is 6.61 Å². The Hall–Kier alpha value is -2.35. The Kier molecular flexibility index (Phi) is 5.14. The Morgan fingerprint density at radius 2 is 1.92 bits per heavy atom. The Bertz CT molecular complexity index is 842. The molecule has 0 aliphatic heterocycles. The van der Waals surface area contributed by atoms with Gasteiger partial charge in [0.05, 0.1) is 16.2 Å². The minimum atomic E-state index is -0.367. The number of rotatable bonds is 5. The number of aromatic nitrogens is 1. The number of methoxy groups -OCH3 is 1. The van der Waals surface area contributed by atoms with Gasteiger partial charge >= 0.3 is 5.97 Å². The molecule has 0 aliphatic rings. The van der Waals surface area contributed by atoms with Gasteiger partial charge in [0.15, 0.2) is 5.76 Å². The van der Waals surface area contributed by atoms with Crippen molar-refractivity contribution in [2.75, 3.05) is 7.11 Å². The van der Waals surface area contributed by atoms with Crippen LogP contribution in [-0.4, -0.2) is 18.2 Å². The van der Waals surface area contributed by atoms with Crippen LogP contribution in [-0.2, 0) is 11.3 Å². The highest BCUT2D eigenvalue weighted by atomic mass is 127. The molecule has 3 rings (SSSR count). The Labute approximate surface area is 152 Å². The van der Waals surface area contributed by atoms with E-state index in [9.17, 15) is 4.79 Å². The molecule has 5 nitrogen and oxygen atoms in total. The van der Waals surface area contributed by atoms with E-state index < -0.39 is 0 Å². The van der Waals surface area contributed by atoms with Crippen LogP contribution >= 0.6 is 22.6 Å². The van der Waals surface area contributed by atoms with E-state index in [1.807, 2.05) is 30.3 Å². The molecule has 0 N–H and O–H groups in total. The molecule has 0 fully saturated rings. The molecular weight excluding hydrogens is 421 g/mol.